The zero-order valence-corrected chi connectivity index (χ0v) is 12.9. The van der Waals surface area contributed by atoms with E-state index in [1.165, 1.54) is 0 Å². The van der Waals surface area contributed by atoms with Crippen LogP contribution in [-0.2, 0) is 4.79 Å². The zero-order valence-electron chi connectivity index (χ0n) is 12.9. The van der Waals surface area contributed by atoms with E-state index in [0.29, 0.717) is 12.1 Å². The molecule has 19 heavy (non-hydrogen) atoms. The van der Waals surface area contributed by atoms with Crippen molar-refractivity contribution in [1.29, 1.82) is 0 Å². The summed E-state index contributed by atoms with van der Waals surface area (Å²) >= 11 is 0. The van der Waals surface area contributed by atoms with Gasteiger partial charge in [-0.15, -0.1) is 0 Å². The van der Waals surface area contributed by atoms with E-state index in [1.807, 2.05) is 38.1 Å². The summed E-state index contributed by atoms with van der Waals surface area (Å²) in [6.07, 6.45) is 0. The van der Waals surface area contributed by atoms with Crippen molar-refractivity contribution < 1.29 is 4.79 Å². The summed E-state index contributed by atoms with van der Waals surface area (Å²) in [6, 6.07) is 8.41. The zero-order chi connectivity index (χ0) is 14.6. The molecule has 0 aliphatic heterocycles. The summed E-state index contributed by atoms with van der Waals surface area (Å²) in [5.41, 5.74) is 1.98. The van der Waals surface area contributed by atoms with Crippen LogP contribution in [0.3, 0.4) is 0 Å². The van der Waals surface area contributed by atoms with E-state index in [9.17, 15) is 4.79 Å². The highest BCUT2D eigenvalue weighted by atomic mass is 16.2. The Morgan fingerprint density at radius 3 is 2.05 bits per heavy atom. The van der Waals surface area contributed by atoms with E-state index in [-0.39, 0.29) is 11.9 Å². The number of nitrogens with one attached hydrogen (secondary N) is 1. The fraction of sp³-hybridized carbons (Fsp3) is 0.562. The molecule has 0 saturated heterocycles. The van der Waals surface area contributed by atoms with Crippen LogP contribution in [-0.4, -0.2) is 28.9 Å². The number of carbonyl (C=O) groups excluding carboxylic acids is 1. The van der Waals surface area contributed by atoms with Gasteiger partial charge in [0.15, 0.2) is 0 Å². The van der Waals surface area contributed by atoms with Gasteiger partial charge in [0.25, 0.3) is 0 Å². The topological polar surface area (TPSA) is 32.3 Å². The molecule has 1 aromatic rings. The summed E-state index contributed by atoms with van der Waals surface area (Å²) in [5, 5.41) is 3.02. The molecule has 0 fully saturated rings. The molecule has 0 spiro atoms. The third kappa shape index (κ3) is 4.06. The monoisotopic (exact) mass is 262 g/mol. The van der Waals surface area contributed by atoms with Crippen molar-refractivity contribution in [3.8, 4) is 0 Å². The van der Waals surface area contributed by atoms with Crippen molar-refractivity contribution in [3.05, 3.63) is 29.8 Å². The molecule has 0 radical (unpaired) electrons. The van der Waals surface area contributed by atoms with E-state index in [4.69, 9.17) is 0 Å². The molecule has 1 unspecified atom stereocenters. The predicted octanol–water partition coefficient (Wildman–Crippen LogP) is 3.44. The summed E-state index contributed by atoms with van der Waals surface area (Å²) in [4.78, 5) is 14.6. The first-order valence-electron chi connectivity index (χ1n) is 6.98. The second kappa shape index (κ2) is 6.71. The van der Waals surface area contributed by atoms with Gasteiger partial charge < -0.3 is 5.32 Å². The lowest BCUT2D eigenvalue weighted by molar-refractivity contribution is -0.122. The minimum Gasteiger partial charge on any atom is -0.324 e. The lowest BCUT2D eigenvalue weighted by atomic mass is 10.1. The number of nitrogens with zero attached hydrogens (tertiary/aromatic N) is 1. The average molecular weight is 262 g/mol. The standard InChI is InChI=1S/C16H26N2O/c1-11(2)18(12(3)4)14(6)16(19)17-15-10-8-7-9-13(15)5/h7-12,14H,1-6H3,(H,17,19). The molecular formula is C16H26N2O. The lowest BCUT2D eigenvalue weighted by Crippen LogP contribution is -2.49. The molecule has 1 rings (SSSR count). The van der Waals surface area contributed by atoms with Gasteiger partial charge in [-0.2, -0.15) is 0 Å². The number of amides is 1. The van der Waals surface area contributed by atoms with Crippen LogP contribution in [0.4, 0.5) is 5.69 Å². The summed E-state index contributed by atoms with van der Waals surface area (Å²) in [5.74, 6) is 0.0525. The molecule has 106 valence electrons. The van der Waals surface area contributed by atoms with Crippen LogP contribution in [0, 0.1) is 6.92 Å². The lowest BCUT2D eigenvalue weighted by Gasteiger charge is -2.35. The maximum Gasteiger partial charge on any atom is 0.241 e. The number of carbonyl (C=O) groups is 1. The number of rotatable bonds is 5. The number of aryl methyl sites for hydroxylation is 1. The Hall–Kier alpha value is -1.35. The van der Waals surface area contributed by atoms with Crippen molar-refractivity contribution >= 4 is 11.6 Å². The van der Waals surface area contributed by atoms with Gasteiger partial charge in [0, 0.05) is 17.8 Å². The van der Waals surface area contributed by atoms with Crippen molar-refractivity contribution in [2.75, 3.05) is 5.32 Å². The average Bonchev–Trinajstić information content (AvgIpc) is 2.31. The van der Waals surface area contributed by atoms with E-state index in [2.05, 4.69) is 37.9 Å². The Bertz CT molecular complexity index is 419. The highest BCUT2D eigenvalue weighted by Crippen LogP contribution is 2.16. The predicted molar refractivity (Wildman–Crippen MR) is 81.4 cm³/mol. The van der Waals surface area contributed by atoms with Crippen LogP contribution < -0.4 is 5.32 Å². The van der Waals surface area contributed by atoms with Gasteiger partial charge in [-0.1, -0.05) is 18.2 Å². The molecule has 3 heteroatoms. The molecule has 1 amide bonds. The normalized spacial score (nSPS) is 13.1. The van der Waals surface area contributed by atoms with Crippen LogP contribution in [0.1, 0.15) is 40.2 Å². The van der Waals surface area contributed by atoms with Crippen molar-refractivity contribution in [2.45, 2.75) is 59.7 Å². The van der Waals surface area contributed by atoms with Gasteiger partial charge in [-0.05, 0) is 53.2 Å². The van der Waals surface area contributed by atoms with Gasteiger partial charge >= 0.3 is 0 Å². The summed E-state index contributed by atoms with van der Waals surface area (Å²) in [6.45, 7) is 12.5. The molecule has 0 aliphatic rings. The molecule has 0 aliphatic carbocycles. The third-order valence-electron chi connectivity index (χ3n) is 3.42. The Morgan fingerprint density at radius 2 is 1.58 bits per heavy atom. The third-order valence-corrected chi connectivity index (χ3v) is 3.42. The molecule has 0 bridgehead atoms. The Morgan fingerprint density at radius 1 is 1.05 bits per heavy atom. The van der Waals surface area contributed by atoms with Crippen LogP contribution in [0.2, 0.25) is 0 Å². The SMILES string of the molecule is Cc1ccccc1NC(=O)C(C)N(C(C)C)C(C)C. The van der Waals surface area contributed by atoms with E-state index >= 15 is 0 Å². The maximum atomic E-state index is 12.4. The number of hydrogen-bond donors (Lipinski definition) is 1. The Labute approximate surface area is 117 Å². The summed E-state index contributed by atoms with van der Waals surface area (Å²) < 4.78 is 0. The van der Waals surface area contributed by atoms with Crippen molar-refractivity contribution in [1.82, 2.24) is 4.90 Å². The van der Waals surface area contributed by atoms with E-state index < -0.39 is 0 Å². The van der Waals surface area contributed by atoms with Crippen LogP contribution in [0.25, 0.3) is 0 Å². The largest absolute Gasteiger partial charge is 0.324 e. The molecule has 0 heterocycles. The molecule has 0 aromatic heterocycles. The summed E-state index contributed by atoms with van der Waals surface area (Å²) in [7, 11) is 0. The van der Waals surface area contributed by atoms with E-state index in [1.54, 1.807) is 0 Å². The van der Waals surface area contributed by atoms with Gasteiger partial charge in [0.2, 0.25) is 5.91 Å². The Kier molecular flexibility index (Phi) is 5.55. The molecule has 0 saturated carbocycles. The molecular weight excluding hydrogens is 236 g/mol. The second-order valence-corrected chi connectivity index (χ2v) is 5.61. The van der Waals surface area contributed by atoms with Gasteiger partial charge in [0.1, 0.15) is 0 Å². The fourth-order valence-corrected chi connectivity index (χ4v) is 2.58. The van der Waals surface area contributed by atoms with Crippen LogP contribution in [0.15, 0.2) is 24.3 Å². The van der Waals surface area contributed by atoms with Crippen molar-refractivity contribution in [2.24, 2.45) is 0 Å². The van der Waals surface area contributed by atoms with Crippen LogP contribution >= 0.6 is 0 Å². The molecule has 1 N–H and O–H groups in total. The van der Waals surface area contributed by atoms with Gasteiger partial charge in [-0.3, -0.25) is 9.69 Å². The van der Waals surface area contributed by atoms with Gasteiger partial charge in [0.05, 0.1) is 6.04 Å². The first-order chi connectivity index (χ1) is 8.84. The number of hydrogen-bond acceptors (Lipinski definition) is 2. The first-order valence-corrected chi connectivity index (χ1v) is 6.98. The quantitative estimate of drug-likeness (QED) is 0.881. The first kappa shape index (κ1) is 15.7. The molecule has 1 aromatic carbocycles. The minimum absolute atomic E-state index is 0.0525. The highest BCUT2D eigenvalue weighted by Gasteiger charge is 2.25. The second-order valence-electron chi connectivity index (χ2n) is 5.61. The minimum atomic E-state index is -0.139. The molecule has 1 atom stereocenters. The van der Waals surface area contributed by atoms with Crippen molar-refractivity contribution in [3.63, 3.8) is 0 Å². The maximum absolute atomic E-state index is 12.4. The fourth-order valence-electron chi connectivity index (χ4n) is 2.58. The smallest absolute Gasteiger partial charge is 0.241 e. The number of anilines is 1. The van der Waals surface area contributed by atoms with E-state index in [0.717, 1.165) is 11.3 Å². The highest BCUT2D eigenvalue weighted by molar-refractivity contribution is 5.95. The van der Waals surface area contributed by atoms with Gasteiger partial charge in [-0.25, -0.2) is 0 Å². The van der Waals surface area contributed by atoms with Crippen LogP contribution in [0.5, 0.6) is 0 Å². The Balaban J connectivity index is 2.80. The molecule has 3 nitrogen and oxygen atoms in total. The number of benzene rings is 1. The number of para-hydroxylation sites is 1.